The monoisotopic (exact) mass is 513 g/mol. The van der Waals surface area contributed by atoms with Crippen LogP contribution in [0.15, 0.2) is 42.2 Å². The number of aryl methyl sites for hydroxylation is 2. The molecule has 0 bridgehead atoms. The number of thiazole rings is 1. The van der Waals surface area contributed by atoms with Crippen molar-refractivity contribution < 1.29 is 24.2 Å². The van der Waals surface area contributed by atoms with E-state index in [1.807, 2.05) is 13.8 Å². The van der Waals surface area contributed by atoms with Crippen molar-refractivity contribution in [1.82, 2.24) is 14.8 Å². The fourth-order valence-corrected chi connectivity index (χ4v) is 5.22. The van der Waals surface area contributed by atoms with Crippen molar-refractivity contribution in [2.75, 3.05) is 39.4 Å². The van der Waals surface area contributed by atoms with Gasteiger partial charge in [-0.05, 0) is 51.6 Å². The normalized spacial score (nSPS) is 15.7. The maximum Gasteiger partial charge on any atom is 0.290 e. The molecule has 9 heteroatoms. The summed E-state index contributed by atoms with van der Waals surface area (Å²) in [6.07, 6.45) is 1.64. The van der Waals surface area contributed by atoms with E-state index >= 15 is 0 Å². The molecule has 2 aromatic rings. The van der Waals surface area contributed by atoms with Crippen LogP contribution in [0.3, 0.4) is 0 Å². The van der Waals surface area contributed by atoms with E-state index in [1.165, 1.54) is 11.3 Å². The maximum absolute atomic E-state index is 13.7. The summed E-state index contributed by atoms with van der Waals surface area (Å²) in [4.78, 5) is 35.6. The van der Waals surface area contributed by atoms with Gasteiger partial charge >= 0.3 is 0 Å². The molecule has 1 aliphatic rings. The highest BCUT2D eigenvalue weighted by Gasteiger charge is 2.44. The van der Waals surface area contributed by atoms with Crippen LogP contribution in [0.1, 0.15) is 52.7 Å². The van der Waals surface area contributed by atoms with Crippen LogP contribution in [0, 0.1) is 13.8 Å². The van der Waals surface area contributed by atoms with Crippen molar-refractivity contribution in [3.8, 4) is 11.5 Å². The number of aliphatic hydroxyl groups is 1. The molecule has 8 nitrogen and oxygen atoms in total. The summed E-state index contributed by atoms with van der Waals surface area (Å²) >= 11 is 1.26. The van der Waals surface area contributed by atoms with E-state index in [2.05, 4.69) is 30.3 Å². The number of carbonyl (C=O) groups is 2. The van der Waals surface area contributed by atoms with Crippen LogP contribution in [0.25, 0.3) is 0 Å². The lowest BCUT2D eigenvalue weighted by Crippen LogP contribution is -2.38. The third-order valence-electron chi connectivity index (χ3n) is 6.15. The molecule has 0 saturated heterocycles. The first-order valence-corrected chi connectivity index (χ1v) is 13.0. The molecule has 1 aliphatic heterocycles. The minimum Gasteiger partial charge on any atom is -0.503 e. The summed E-state index contributed by atoms with van der Waals surface area (Å²) < 4.78 is 11.5. The average Bonchev–Trinajstić information content (AvgIpc) is 3.33. The molecule has 194 valence electrons. The SMILES string of the molecule is C=CCOc1ccc(C2C(C(=O)c3sc(C)nc3C)=C(O)C(=O)N2CCN(CC)CC)cc1OCC. The summed E-state index contributed by atoms with van der Waals surface area (Å²) in [5.74, 6) is -0.422. The van der Waals surface area contributed by atoms with Crippen LogP contribution in [-0.2, 0) is 4.79 Å². The molecular formula is C27H35N3O5S. The fraction of sp³-hybridized carbons (Fsp3) is 0.444. The zero-order chi connectivity index (χ0) is 26.4. The van der Waals surface area contributed by atoms with Gasteiger partial charge in [-0.25, -0.2) is 4.98 Å². The molecule has 1 aromatic carbocycles. The van der Waals surface area contributed by atoms with Crippen LogP contribution in [0.5, 0.6) is 11.5 Å². The smallest absolute Gasteiger partial charge is 0.290 e. The number of Topliss-reactive ketones (excluding diaryl/α,β-unsaturated/α-hetero) is 1. The van der Waals surface area contributed by atoms with Crippen LogP contribution < -0.4 is 9.47 Å². The van der Waals surface area contributed by atoms with Gasteiger partial charge in [0.25, 0.3) is 5.91 Å². The predicted molar refractivity (Wildman–Crippen MR) is 141 cm³/mol. The molecule has 3 rings (SSSR count). The highest BCUT2D eigenvalue weighted by Crippen LogP contribution is 2.42. The Balaban J connectivity index is 2.10. The summed E-state index contributed by atoms with van der Waals surface area (Å²) in [6, 6.07) is 4.58. The number of carbonyl (C=O) groups excluding carboxylic acids is 2. The molecule has 36 heavy (non-hydrogen) atoms. The number of rotatable bonds is 13. The number of amides is 1. The van der Waals surface area contributed by atoms with E-state index < -0.39 is 17.7 Å². The van der Waals surface area contributed by atoms with E-state index in [1.54, 1.807) is 36.1 Å². The molecule has 0 fully saturated rings. The van der Waals surface area contributed by atoms with Gasteiger partial charge in [0, 0.05) is 13.1 Å². The number of hydrogen-bond donors (Lipinski definition) is 1. The minimum absolute atomic E-state index is 0.0634. The number of nitrogens with zero attached hydrogens (tertiary/aromatic N) is 3. The molecule has 1 atom stereocenters. The van der Waals surface area contributed by atoms with Crippen molar-refractivity contribution >= 4 is 23.0 Å². The van der Waals surface area contributed by atoms with Gasteiger partial charge in [0.15, 0.2) is 17.3 Å². The minimum atomic E-state index is -0.768. The summed E-state index contributed by atoms with van der Waals surface area (Å²) in [6.45, 7) is 16.6. The van der Waals surface area contributed by atoms with E-state index in [-0.39, 0.29) is 11.4 Å². The van der Waals surface area contributed by atoms with Crippen LogP contribution >= 0.6 is 11.3 Å². The van der Waals surface area contributed by atoms with Crippen molar-refractivity contribution in [2.45, 2.75) is 40.7 Å². The molecule has 0 aliphatic carbocycles. The van der Waals surface area contributed by atoms with E-state index in [0.717, 1.165) is 18.1 Å². The molecule has 0 saturated carbocycles. The Kier molecular flexibility index (Phi) is 9.28. The second-order valence-corrected chi connectivity index (χ2v) is 9.61. The van der Waals surface area contributed by atoms with Crippen molar-refractivity contribution in [2.24, 2.45) is 0 Å². The zero-order valence-corrected chi connectivity index (χ0v) is 22.5. The highest BCUT2D eigenvalue weighted by molar-refractivity contribution is 7.14. The maximum atomic E-state index is 13.7. The molecule has 1 N–H and O–H groups in total. The summed E-state index contributed by atoms with van der Waals surface area (Å²) in [5.41, 5.74) is 1.30. The lowest BCUT2D eigenvalue weighted by atomic mass is 9.94. The highest BCUT2D eigenvalue weighted by atomic mass is 32.1. The third kappa shape index (κ3) is 5.63. The first-order chi connectivity index (χ1) is 17.3. The van der Waals surface area contributed by atoms with Gasteiger partial charge in [-0.15, -0.1) is 11.3 Å². The third-order valence-corrected chi connectivity index (χ3v) is 7.22. The van der Waals surface area contributed by atoms with Gasteiger partial charge in [-0.2, -0.15) is 0 Å². The Bertz CT molecular complexity index is 1150. The van der Waals surface area contributed by atoms with Crippen molar-refractivity contribution in [3.63, 3.8) is 0 Å². The lowest BCUT2D eigenvalue weighted by Gasteiger charge is -2.29. The van der Waals surface area contributed by atoms with Gasteiger partial charge < -0.3 is 24.4 Å². The largest absolute Gasteiger partial charge is 0.503 e. The second-order valence-electron chi connectivity index (χ2n) is 8.41. The van der Waals surface area contributed by atoms with Gasteiger partial charge in [-0.3, -0.25) is 9.59 Å². The number of aliphatic hydroxyl groups excluding tert-OH is 1. The van der Waals surface area contributed by atoms with Crippen molar-refractivity contribution in [1.29, 1.82) is 0 Å². The molecular weight excluding hydrogens is 478 g/mol. The van der Waals surface area contributed by atoms with Crippen molar-refractivity contribution in [3.05, 3.63) is 63.3 Å². The summed E-state index contributed by atoms with van der Waals surface area (Å²) in [5, 5.41) is 11.7. The first-order valence-electron chi connectivity index (χ1n) is 12.2. The van der Waals surface area contributed by atoms with E-state index in [9.17, 15) is 14.7 Å². The predicted octanol–water partition coefficient (Wildman–Crippen LogP) is 4.64. The molecule has 2 heterocycles. The standard InChI is InChI=1S/C27H35N3O5S/c1-7-15-35-20-12-11-19(16-21(20)34-10-4)23-22(24(31)26-17(5)28-18(6)36-26)25(32)27(33)30(23)14-13-29(8-2)9-3/h7,11-12,16,23,32H,1,8-10,13-15H2,2-6H3. The number of hydrogen-bond acceptors (Lipinski definition) is 8. The van der Waals surface area contributed by atoms with Crippen LogP contribution in [-0.4, -0.2) is 71.0 Å². The number of ketones is 1. The number of benzene rings is 1. The van der Waals surface area contributed by atoms with Gasteiger partial charge in [0.2, 0.25) is 5.78 Å². The molecule has 1 aromatic heterocycles. The Morgan fingerprint density at radius 2 is 1.94 bits per heavy atom. The molecule has 0 radical (unpaired) electrons. The molecule has 0 spiro atoms. The summed E-state index contributed by atoms with van der Waals surface area (Å²) in [7, 11) is 0. The number of aromatic nitrogens is 1. The van der Waals surface area contributed by atoms with Crippen LogP contribution in [0.2, 0.25) is 0 Å². The zero-order valence-electron chi connectivity index (χ0n) is 21.7. The Hall–Kier alpha value is -3.17. The Labute approximate surface area is 216 Å². The Morgan fingerprint density at radius 3 is 2.53 bits per heavy atom. The quantitative estimate of drug-likeness (QED) is 0.308. The molecule has 1 amide bonds. The van der Waals surface area contributed by atoms with Gasteiger partial charge in [0.05, 0.1) is 33.8 Å². The average molecular weight is 514 g/mol. The fourth-order valence-electron chi connectivity index (χ4n) is 4.35. The van der Waals surface area contributed by atoms with Gasteiger partial charge in [0.1, 0.15) is 6.61 Å². The Morgan fingerprint density at radius 1 is 1.22 bits per heavy atom. The van der Waals surface area contributed by atoms with Gasteiger partial charge in [-0.1, -0.05) is 32.6 Å². The first kappa shape index (κ1) is 27.4. The van der Waals surface area contributed by atoms with Crippen LogP contribution in [0.4, 0.5) is 0 Å². The lowest BCUT2D eigenvalue weighted by molar-refractivity contribution is -0.129. The number of likely N-dealkylation sites (N-methyl/N-ethyl adjacent to an activating group) is 1. The topological polar surface area (TPSA) is 92.2 Å². The number of ether oxygens (including phenoxy) is 2. The second kappa shape index (κ2) is 12.2. The van der Waals surface area contributed by atoms with E-state index in [0.29, 0.717) is 53.9 Å². The molecule has 1 unspecified atom stereocenters. The van der Waals surface area contributed by atoms with E-state index in [4.69, 9.17) is 9.47 Å².